The van der Waals surface area contributed by atoms with Crippen molar-refractivity contribution in [2.45, 2.75) is 13.5 Å². The SMILES string of the molecule is COCCn1ccc2ncc3c(=O)n(-c4ccc(C)c(Cl)c4)ccc3c2c1=O. The molecule has 4 rings (SSSR count). The number of pyridine rings is 3. The summed E-state index contributed by atoms with van der Waals surface area (Å²) in [6, 6.07) is 8.99. The molecule has 6 nitrogen and oxygen atoms in total. The smallest absolute Gasteiger partial charge is 0.264 e. The maximum atomic E-state index is 13.1. The highest BCUT2D eigenvalue weighted by Crippen LogP contribution is 2.21. The molecule has 0 bridgehead atoms. The van der Waals surface area contributed by atoms with E-state index in [1.165, 1.54) is 10.8 Å². The molecule has 0 atom stereocenters. The fraction of sp³-hybridized carbons (Fsp3) is 0.190. The van der Waals surface area contributed by atoms with Crippen LogP contribution in [0.3, 0.4) is 0 Å². The Kier molecular flexibility index (Phi) is 4.75. The summed E-state index contributed by atoms with van der Waals surface area (Å²) in [5.74, 6) is 0. The molecule has 3 aromatic heterocycles. The molecule has 0 saturated heterocycles. The number of methoxy groups -OCH3 is 1. The molecule has 0 aliphatic carbocycles. The van der Waals surface area contributed by atoms with Crippen LogP contribution in [0.5, 0.6) is 0 Å². The van der Waals surface area contributed by atoms with Crippen LogP contribution in [-0.2, 0) is 11.3 Å². The molecule has 0 N–H and O–H groups in total. The summed E-state index contributed by atoms with van der Waals surface area (Å²) in [4.78, 5) is 30.4. The molecule has 4 aromatic rings. The minimum Gasteiger partial charge on any atom is -0.383 e. The van der Waals surface area contributed by atoms with Crippen molar-refractivity contribution in [1.29, 1.82) is 0 Å². The van der Waals surface area contributed by atoms with Crippen LogP contribution in [-0.4, -0.2) is 27.8 Å². The fourth-order valence-electron chi connectivity index (χ4n) is 3.25. The maximum Gasteiger partial charge on any atom is 0.264 e. The summed E-state index contributed by atoms with van der Waals surface area (Å²) in [7, 11) is 1.59. The summed E-state index contributed by atoms with van der Waals surface area (Å²) in [6.07, 6.45) is 4.88. The number of ether oxygens (including phenoxy) is 1. The fourth-order valence-corrected chi connectivity index (χ4v) is 3.43. The monoisotopic (exact) mass is 395 g/mol. The lowest BCUT2D eigenvalue weighted by Crippen LogP contribution is -2.23. The van der Waals surface area contributed by atoms with Crippen molar-refractivity contribution in [1.82, 2.24) is 14.1 Å². The third-order valence-electron chi connectivity index (χ3n) is 4.84. The van der Waals surface area contributed by atoms with Crippen LogP contribution >= 0.6 is 11.6 Å². The molecule has 7 heteroatoms. The summed E-state index contributed by atoms with van der Waals surface area (Å²) >= 11 is 6.21. The average Bonchev–Trinajstić information content (AvgIpc) is 2.69. The Morgan fingerprint density at radius 3 is 2.64 bits per heavy atom. The minimum atomic E-state index is -0.251. The van der Waals surface area contributed by atoms with Crippen molar-refractivity contribution in [2.24, 2.45) is 0 Å². The zero-order chi connectivity index (χ0) is 19.8. The first kappa shape index (κ1) is 18.4. The second-order valence-electron chi connectivity index (χ2n) is 6.58. The number of aryl methyl sites for hydroxylation is 1. The molecule has 0 radical (unpaired) electrons. The molecule has 0 unspecified atom stereocenters. The topological polar surface area (TPSA) is 66.1 Å². The number of fused-ring (bicyclic) bond motifs is 3. The van der Waals surface area contributed by atoms with Gasteiger partial charge in [-0.15, -0.1) is 0 Å². The van der Waals surface area contributed by atoms with Gasteiger partial charge < -0.3 is 9.30 Å². The third-order valence-corrected chi connectivity index (χ3v) is 5.25. The zero-order valence-corrected chi connectivity index (χ0v) is 16.2. The molecule has 0 aliphatic rings. The van der Waals surface area contributed by atoms with Crippen molar-refractivity contribution in [3.05, 3.63) is 80.2 Å². The Morgan fingerprint density at radius 2 is 1.89 bits per heavy atom. The second kappa shape index (κ2) is 7.22. The predicted octanol–water partition coefficient (Wildman–Crippen LogP) is 3.31. The van der Waals surface area contributed by atoms with Gasteiger partial charge in [-0.2, -0.15) is 0 Å². The van der Waals surface area contributed by atoms with E-state index in [4.69, 9.17) is 16.3 Å². The maximum absolute atomic E-state index is 13.1. The Bertz CT molecular complexity index is 1320. The third kappa shape index (κ3) is 3.00. The van der Waals surface area contributed by atoms with Crippen molar-refractivity contribution in [3.8, 4) is 5.69 Å². The average molecular weight is 396 g/mol. The zero-order valence-electron chi connectivity index (χ0n) is 15.5. The first-order valence-electron chi connectivity index (χ1n) is 8.80. The first-order chi connectivity index (χ1) is 13.5. The van der Waals surface area contributed by atoms with E-state index in [-0.39, 0.29) is 11.1 Å². The van der Waals surface area contributed by atoms with E-state index in [1.807, 2.05) is 19.1 Å². The van der Waals surface area contributed by atoms with Gasteiger partial charge in [0.2, 0.25) is 0 Å². The number of hydrogen-bond acceptors (Lipinski definition) is 4. The highest BCUT2D eigenvalue weighted by atomic mass is 35.5. The minimum absolute atomic E-state index is 0.191. The summed E-state index contributed by atoms with van der Waals surface area (Å²) in [6.45, 7) is 2.76. The summed E-state index contributed by atoms with van der Waals surface area (Å²) < 4.78 is 8.14. The van der Waals surface area contributed by atoms with E-state index in [1.54, 1.807) is 42.3 Å². The predicted molar refractivity (Wildman–Crippen MR) is 111 cm³/mol. The highest BCUT2D eigenvalue weighted by Gasteiger charge is 2.13. The number of hydrogen-bond donors (Lipinski definition) is 0. The Morgan fingerprint density at radius 1 is 1.07 bits per heavy atom. The lowest BCUT2D eigenvalue weighted by atomic mass is 10.1. The molecular formula is C21H18ClN3O3. The van der Waals surface area contributed by atoms with Gasteiger partial charge in [0.25, 0.3) is 11.1 Å². The van der Waals surface area contributed by atoms with Crippen LogP contribution in [0.15, 0.2) is 58.5 Å². The molecule has 0 aliphatic heterocycles. The van der Waals surface area contributed by atoms with E-state index in [0.717, 1.165) is 5.56 Å². The van der Waals surface area contributed by atoms with Gasteiger partial charge in [-0.1, -0.05) is 17.7 Å². The first-order valence-corrected chi connectivity index (χ1v) is 9.18. The number of benzene rings is 1. The Hall–Kier alpha value is -2.96. The van der Waals surface area contributed by atoms with Gasteiger partial charge in [0.05, 0.1) is 28.6 Å². The van der Waals surface area contributed by atoms with Gasteiger partial charge in [-0.05, 0) is 36.8 Å². The number of halogens is 1. The largest absolute Gasteiger partial charge is 0.383 e. The standard InChI is InChI=1S/C21H18ClN3O3/c1-13-3-4-14(11-17(13)22)25-8-5-15-16(20(25)26)12-23-18-6-7-24(9-10-28-2)21(27)19(15)18/h3-8,11-12H,9-10H2,1-2H3. The van der Waals surface area contributed by atoms with Crippen molar-refractivity contribution >= 4 is 33.3 Å². The van der Waals surface area contributed by atoms with E-state index in [0.29, 0.717) is 45.5 Å². The van der Waals surface area contributed by atoms with E-state index in [2.05, 4.69) is 4.98 Å². The van der Waals surface area contributed by atoms with Gasteiger partial charge >= 0.3 is 0 Å². The van der Waals surface area contributed by atoms with Gasteiger partial charge in [0.15, 0.2) is 0 Å². The number of nitrogens with zero attached hydrogens (tertiary/aromatic N) is 3. The molecule has 3 heterocycles. The Balaban J connectivity index is 1.97. The number of rotatable bonds is 4. The number of aromatic nitrogens is 3. The highest BCUT2D eigenvalue weighted by molar-refractivity contribution is 6.31. The van der Waals surface area contributed by atoms with Gasteiger partial charge in [-0.25, -0.2) is 0 Å². The molecule has 142 valence electrons. The van der Waals surface area contributed by atoms with Crippen LogP contribution in [0.2, 0.25) is 5.02 Å². The van der Waals surface area contributed by atoms with Crippen molar-refractivity contribution in [2.75, 3.05) is 13.7 Å². The molecule has 0 amide bonds. The van der Waals surface area contributed by atoms with E-state index >= 15 is 0 Å². The van der Waals surface area contributed by atoms with E-state index in [9.17, 15) is 9.59 Å². The summed E-state index contributed by atoms with van der Waals surface area (Å²) in [5, 5.41) is 1.99. The lowest BCUT2D eigenvalue weighted by Gasteiger charge is -2.11. The van der Waals surface area contributed by atoms with Crippen LogP contribution in [0.25, 0.3) is 27.4 Å². The quantitative estimate of drug-likeness (QED) is 0.497. The normalized spacial score (nSPS) is 11.4. The molecule has 0 saturated carbocycles. The van der Waals surface area contributed by atoms with Crippen LogP contribution in [0, 0.1) is 6.92 Å². The molecule has 0 spiro atoms. The Labute approximate surface area is 165 Å². The van der Waals surface area contributed by atoms with Crippen molar-refractivity contribution in [3.63, 3.8) is 0 Å². The lowest BCUT2D eigenvalue weighted by molar-refractivity contribution is 0.186. The van der Waals surface area contributed by atoms with Crippen LogP contribution in [0.4, 0.5) is 0 Å². The van der Waals surface area contributed by atoms with Gasteiger partial charge in [0.1, 0.15) is 0 Å². The molecular weight excluding hydrogens is 378 g/mol. The summed E-state index contributed by atoms with van der Waals surface area (Å²) in [5.41, 5.74) is 1.71. The molecule has 28 heavy (non-hydrogen) atoms. The molecule has 1 aromatic carbocycles. The van der Waals surface area contributed by atoms with Gasteiger partial charge in [0, 0.05) is 42.7 Å². The van der Waals surface area contributed by atoms with E-state index < -0.39 is 0 Å². The van der Waals surface area contributed by atoms with Gasteiger partial charge in [-0.3, -0.25) is 19.1 Å². The van der Waals surface area contributed by atoms with Crippen LogP contribution < -0.4 is 11.1 Å². The second-order valence-corrected chi connectivity index (χ2v) is 6.98. The van der Waals surface area contributed by atoms with Crippen LogP contribution in [0.1, 0.15) is 5.56 Å². The molecule has 0 fully saturated rings. The van der Waals surface area contributed by atoms with Crippen molar-refractivity contribution < 1.29 is 4.74 Å².